The fourth-order valence-corrected chi connectivity index (χ4v) is 2.25. The van der Waals surface area contributed by atoms with E-state index in [1.54, 1.807) is 0 Å². The molecule has 2 nitrogen and oxygen atoms in total. The Morgan fingerprint density at radius 3 is 2.33 bits per heavy atom. The number of unbranched alkanes of at least 4 members (excludes halogenated alkanes) is 1. The van der Waals surface area contributed by atoms with Crippen LogP contribution in [0.25, 0.3) is 0 Å². The van der Waals surface area contributed by atoms with Crippen LogP contribution in [-0.4, -0.2) is 13.1 Å². The van der Waals surface area contributed by atoms with E-state index in [1.165, 1.54) is 24.0 Å². The van der Waals surface area contributed by atoms with Gasteiger partial charge in [0.15, 0.2) is 0 Å². The number of benzene rings is 2. The monoisotopic (exact) mass is 283 g/mol. The van der Waals surface area contributed by atoms with Gasteiger partial charge in [-0.2, -0.15) is 0 Å². The lowest BCUT2D eigenvalue weighted by molar-refractivity contribution is 0.306. The minimum atomic E-state index is 0.628. The van der Waals surface area contributed by atoms with E-state index in [4.69, 9.17) is 4.74 Å². The summed E-state index contributed by atoms with van der Waals surface area (Å²) >= 11 is 0. The van der Waals surface area contributed by atoms with Crippen molar-refractivity contribution in [3.63, 3.8) is 0 Å². The molecule has 0 aliphatic heterocycles. The maximum Gasteiger partial charge on any atom is 0.119 e. The molecule has 112 valence electrons. The summed E-state index contributed by atoms with van der Waals surface area (Å²) in [5, 5.41) is 3.36. The number of hydrogen-bond acceptors (Lipinski definition) is 2. The van der Waals surface area contributed by atoms with Crippen molar-refractivity contribution in [1.82, 2.24) is 5.32 Å². The first-order chi connectivity index (χ1) is 10.4. The van der Waals surface area contributed by atoms with Gasteiger partial charge < -0.3 is 10.1 Å². The Bertz CT molecular complexity index is 493. The van der Waals surface area contributed by atoms with Crippen LogP contribution in [0.3, 0.4) is 0 Å². The maximum absolute atomic E-state index is 5.79. The quantitative estimate of drug-likeness (QED) is 0.696. The van der Waals surface area contributed by atoms with Crippen LogP contribution in [0.1, 0.15) is 30.9 Å². The van der Waals surface area contributed by atoms with Crippen molar-refractivity contribution >= 4 is 0 Å². The van der Waals surface area contributed by atoms with Crippen molar-refractivity contribution in [2.45, 2.75) is 32.8 Å². The Labute approximate surface area is 128 Å². The van der Waals surface area contributed by atoms with Crippen molar-refractivity contribution < 1.29 is 4.74 Å². The van der Waals surface area contributed by atoms with E-state index < -0.39 is 0 Å². The van der Waals surface area contributed by atoms with E-state index in [0.717, 1.165) is 25.3 Å². The van der Waals surface area contributed by atoms with Gasteiger partial charge in [-0.15, -0.1) is 0 Å². The number of hydrogen-bond donors (Lipinski definition) is 1. The summed E-state index contributed by atoms with van der Waals surface area (Å²) in [6.45, 7) is 4.96. The van der Waals surface area contributed by atoms with Crippen molar-refractivity contribution in [2.75, 3.05) is 13.1 Å². The molecule has 0 radical (unpaired) electrons. The molecule has 1 N–H and O–H groups in total. The van der Waals surface area contributed by atoms with Crippen LogP contribution in [0.4, 0.5) is 0 Å². The van der Waals surface area contributed by atoms with Crippen LogP contribution in [-0.2, 0) is 13.0 Å². The third kappa shape index (κ3) is 6.01. The Morgan fingerprint density at radius 1 is 0.857 bits per heavy atom. The first-order valence-corrected chi connectivity index (χ1v) is 7.85. The van der Waals surface area contributed by atoms with Crippen LogP contribution in [0.5, 0.6) is 5.75 Å². The molecular formula is C19H25NO. The van der Waals surface area contributed by atoms with Gasteiger partial charge in [-0.25, -0.2) is 0 Å². The molecular weight excluding hydrogens is 258 g/mol. The molecule has 0 unspecified atom stereocenters. The van der Waals surface area contributed by atoms with Crippen LogP contribution in [0.15, 0.2) is 54.6 Å². The lowest BCUT2D eigenvalue weighted by Crippen LogP contribution is -2.13. The molecule has 2 rings (SSSR count). The Kier molecular flexibility index (Phi) is 6.82. The van der Waals surface area contributed by atoms with Crippen molar-refractivity contribution in [3.8, 4) is 5.75 Å². The molecule has 0 bridgehead atoms. The van der Waals surface area contributed by atoms with Crippen molar-refractivity contribution in [1.29, 1.82) is 0 Å². The van der Waals surface area contributed by atoms with E-state index in [-0.39, 0.29) is 0 Å². The lowest BCUT2D eigenvalue weighted by Gasteiger charge is -2.07. The van der Waals surface area contributed by atoms with Gasteiger partial charge in [0.2, 0.25) is 0 Å². The molecule has 0 atom stereocenters. The predicted octanol–water partition coefficient (Wildman–Crippen LogP) is 4.20. The normalized spacial score (nSPS) is 10.5. The summed E-state index contributed by atoms with van der Waals surface area (Å²) in [5.41, 5.74) is 2.59. The van der Waals surface area contributed by atoms with E-state index >= 15 is 0 Å². The minimum Gasteiger partial charge on any atom is -0.489 e. The van der Waals surface area contributed by atoms with Gasteiger partial charge in [0, 0.05) is 0 Å². The standard InChI is InChI=1S/C19H25NO/c1-2-20-15-7-6-8-17-11-13-19(14-12-17)21-16-18-9-4-3-5-10-18/h3-5,9-14,20H,2,6-8,15-16H2,1H3. The molecule has 21 heavy (non-hydrogen) atoms. The van der Waals surface area contributed by atoms with E-state index in [2.05, 4.69) is 48.6 Å². The zero-order valence-electron chi connectivity index (χ0n) is 12.8. The first-order valence-electron chi connectivity index (χ1n) is 7.85. The molecule has 0 spiro atoms. The molecule has 0 saturated heterocycles. The Hall–Kier alpha value is -1.80. The second-order valence-corrected chi connectivity index (χ2v) is 5.23. The second-order valence-electron chi connectivity index (χ2n) is 5.23. The van der Waals surface area contributed by atoms with Crippen LogP contribution >= 0.6 is 0 Å². The van der Waals surface area contributed by atoms with Gasteiger partial charge in [0.25, 0.3) is 0 Å². The second kappa shape index (κ2) is 9.19. The van der Waals surface area contributed by atoms with Crippen molar-refractivity contribution in [2.24, 2.45) is 0 Å². The molecule has 2 heteroatoms. The summed E-state index contributed by atoms with van der Waals surface area (Å²) < 4.78 is 5.79. The highest BCUT2D eigenvalue weighted by Crippen LogP contribution is 2.15. The topological polar surface area (TPSA) is 21.3 Å². The number of rotatable bonds is 9. The third-order valence-corrected chi connectivity index (χ3v) is 3.49. The summed E-state index contributed by atoms with van der Waals surface area (Å²) in [6, 6.07) is 18.8. The minimum absolute atomic E-state index is 0.628. The van der Waals surface area contributed by atoms with Crippen molar-refractivity contribution in [3.05, 3.63) is 65.7 Å². The molecule has 0 saturated carbocycles. The zero-order valence-corrected chi connectivity index (χ0v) is 12.8. The summed E-state index contributed by atoms with van der Waals surface area (Å²) in [4.78, 5) is 0. The van der Waals surface area contributed by atoms with E-state index in [1.807, 2.05) is 18.2 Å². The van der Waals surface area contributed by atoms with Gasteiger partial charge in [0.05, 0.1) is 0 Å². The molecule has 0 aromatic heterocycles. The van der Waals surface area contributed by atoms with Gasteiger partial charge >= 0.3 is 0 Å². The van der Waals surface area contributed by atoms with E-state index in [9.17, 15) is 0 Å². The number of aryl methyl sites for hydroxylation is 1. The highest BCUT2D eigenvalue weighted by molar-refractivity contribution is 5.27. The van der Waals surface area contributed by atoms with Gasteiger partial charge in [-0.1, -0.05) is 49.4 Å². The van der Waals surface area contributed by atoms with Gasteiger partial charge in [-0.3, -0.25) is 0 Å². The highest BCUT2D eigenvalue weighted by Gasteiger charge is 1.97. The summed E-state index contributed by atoms with van der Waals surface area (Å²) in [5.74, 6) is 0.940. The highest BCUT2D eigenvalue weighted by atomic mass is 16.5. The molecule has 0 amide bonds. The fourth-order valence-electron chi connectivity index (χ4n) is 2.25. The molecule has 2 aromatic rings. The molecule has 2 aromatic carbocycles. The van der Waals surface area contributed by atoms with Gasteiger partial charge in [-0.05, 0) is 55.6 Å². The zero-order chi connectivity index (χ0) is 14.8. The van der Waals surface area contributed by atoms with Crippen LogP contribution in [0.2, 0.25) is 0 Å². The molecule has 0 aliphatic rings. The first kappa shape index (κ1) is 15.6. The molecule has 0 heterocycles. The maximum atomic E-state index is 5.79. The van der Waals surface area contributed by atoms with E-state index in [0.29, 0.717) is 6.61 Å². The third-order valence-electron chi connectivity index (χ3n) is 3.49. The average Bonchev–Trinajstić information content (AvgIpc) is 2.55. The largest absolute Gasteiger partial charge is 0.489 e. The number of ether oxygens (including phenoxy) is 1. The SMILES string of the molecule is CCNCCCCc1ccc(OCc2ccccc2)cc1. The van der Waals surface area contributed by atoms with Crippen LogP contribution in [0, 0.1) is 0 Å². The summed E-state index contributed by atoms with van der Waals surface area (Å²) in [7, 11) is 0. The van der Waals surface area contributed by atoms with Crippen LogP contribution < -0.4 is 10.1 Å². The predicted molar refractivity (Wildman–Crippen MR) is 88.7 cm³/mol. The molecule has 0 aliphatic carbocycles. The Balaban J connectivity index is 1.71. The average molecular weight is 283 g/mol. The summed E-state index contributed by atoms with van der Waals surface area (Å²) in [6.07, 6.45) is 3.61. The smallest absolute Gasteiger partial charge is 0.119 e. The van der Waals surface area contributed by atoms with Gasteiger partial charge in [0.1, 0.15) is 12.4 Å². The Morgan fingerprint density at radius 2 is 1.62 bits per heavy atom. The number of nitrogens with one attached hydrogen (secondary N) is 1. The fraction of sp³-hybridized carbons (Fsp3) is 0.368. The molecule has 0 fully saturated rings. The lowest BCUT2D eigenvalue weighted by atomic mass is 10.1.